The number of aromatic nitrogens is 2. The van der Waals surface area contributed by atoms with Gasteiger partial charge in [0, 0.05) is 11.7 Å². The van der Waals surface area contributed by atoms with Gasteiger partial charge in [0.05, 0.1) is 27.9 Å². The number of benzene rings is 1. The van der Waals surface area contributed by atoms with Crippen LogP contribution in [0.5, 0.6) is 0 Å². The zero-order valence-electron chi connectivity index (χ0n) is 12.9. The van der Waals surface area contributed by atoms with Crippen molar-refractivity contribution < 1.29 is 14.5 Å². The maximum atomic E-state index is 12.1. The number of hydrogen-bond acceptors (Lipinski definition) is 5. The number of amides is 2. The summed E-state index contributed by atoms with van der Waals surface area (Å²) in [6.45, 7) is -0.194. The van der Waals surface area contributed by atoms with E-state index in [9.17, 15) is 19.7 Å². The van der Waals surface area contributed by atoms with Crippen LogP contribution in [0.15, 0.2) is 30.5 Å². The van der Waals surface area contributed by atoms with Crippen LogP contribution in [-0.2, 0) is 11.3 Å². The van der Waals surface area contributed by atoms with Gasteiger partial charge in [-0.05, 0) is 36.0 Å². The lowest BCUT2D eigenvalue weighted by molar-refractivity contribution is -0.389. The first kappa shape index (κ1) is 16.9. The molecule has 9 nitrogen and oxygen atoms in total. The van der Waals surface area contributed by atoms with Crippen LogP contribution in [0.2, 0.25) is 5.02 Å². The van der Waals surface area contributed by atoms with E-state index < -0.39 is 10.8 Å². The highest BCUT2D eigenvalue weighted by molar-refractivity contribution is 6.34. The van der Waals surface area contributed by atoms with Crippen molar-refractivity contribution in [2.24, 2.45) is 0 Å². The topological polar surface area (TPSA) is 119 Å². The van der Waals surface area contributed by atoms with Gasteiger partial charge < -0.3 is 20.7 Å². The molecule has 1 aliphatic carbocycles. The van der Waals surface area contributed by atoms with Gasteiger partial charge in [-0.2, -0.15) is 4.68 Å². The summed E-state index contributed by atoms with van der Waals surface area (Å²) in [7, 11) is 0. The Balaban J connectivity index is 1.65. The summed E-state index contributed by atoms with van der Waals surface area (Å²) in [6.07, 6.45) is 3.25. The highest BCUT2D eigenvalue weighted by Crippen LogP contribution is 2.24. The molecule has 0 atom stereocenters. The molecule has 2 amide bonds. The molecule has 1 fully saturated rings. The second-order valence-electron chi connectivity index (χ2n) is 5.62. The van der Waals surface area contributed by atoms with Gasteiger partial charge in [-0.15, -0.1) is 0 Å². The Morgan fingerprint density at radius 1 is 1.36 bits per heavy atom. The smallest absolute Gasteiger partial charge is 0.358 e. The van der Waals surface area contributed by atoms with Gasteiger partial charge in [-0.25, -0.2) is 0 Å². The standard InChI is InChI=1S/C15H14ClN5O4/c16-12-4-3-10(7-11(12)15(23)18-9-1-2-9)17-14(22)8-20-6-5-13(19-20)21(24)25/h3-7,9H,1-2,8H2,(H,17,22)(H,18,23). The van der Waals surface area contributed by atoms with Crippen molar-refractivity contribution in [1.29, 1.82) is 0 Å². The Bertz CT molecular complexity index is 846. The van der Waals surface area contributed by atoms with Crippen LogP contribution in [0.4, 0.5) is 11.5 Å². The molecule has 2 N–H and O–H groups in total. The molecule has 0 saturated heterocycles. The molecule has 130 valence electrons. The normalized spacial score (nSPS) is 13.3. The van der Waals surface area contributed by atoms with Gasteiger partial charge in [-0.3, -0.25) is 9.59 Å². The summed E-state index contributed by atoms with van der Waals surface area (Å²) in [5.74, 6) is -1.06. The predicted molar refractivity (Wildman–Crippen MR) is 89.5 cm³/mol. The van der Waals surface area contributed by atoms with Gasteiger partial charge in [0.2, 0.25) is 5.91 Å². The van der Waals surface area contributed by atoms with Crippen molar-refractivity contribution in [1.82, 2.24) is 15.1 Å². The average Bonchev–Trinajstić information content (AvgIpc) is 3.24. The van der Waals surface area contributed by atoms with E-state index in [0.29, 0.717) is 10.7 Å². The highest BCUT2D eigenvalue weighted by Gasteiger charge is 2.25. The van der Waals surface area contributed by atoms with Crippen molar-refractivity contribution in [2.45, 2.75) is 25.4 Å². The summed E-state index contributed by atoms with van der Waals surface area (Å²) in [6, 6.07) is 5.98. The molecule has 1 saturated carbocycles. The maximum absolute atomic E-state index is 12.1. The van der Waals surface area contributed by atoms with Crippen molar-refractivity contribution >= 4 is 34.9 Å². The third-order valence-electron chi connectivity index (χ3n) is 3.53. The largest absolute Gasteiger partial charge is 0.389 e. The number of nitrogens with one attached hydrogen (secondary N) is 2. The molecule has 1 aromatic heterocycles. The van der Waals surface area contributed by atoms with E-state index in [1.165, 1.54) is 24.4 Å². The number of nitro groups is 1. The number of carbonyl (C=O) groups is 2. The Morgan fingerprint density at radius 3 is 2.76 bits per heavy atom. The summed E-state index contributed by atoms with van der Waals surface area (Å²) < 4.78 is 1.16. The van der Waals surface area contributed by atoms with E-state index in [1.54, 1.807) is 6.07 Å². The Morgan fingerprint density at radius 2 is 2.12 bits per heavy atom. The number of halogens is 1. The molecule has 0 radical (unpaired) electrons. The highest BCUT2D eigenvalue weighted by atomic mass is 35.5. The van der Waals surface area contributed by atoms with Crippen molar-refractivity contribution in [3.8, 4) is 0 Å². The molecule has 0 unspecified atom stereocenters. The van der Waals surface area contributed by atoms with Gasteiger partial charge >= 0.3 is 5.82 Å². The minimum Gasteiger partial charge on any atom is -0.358 e. The molecule has 3 rings (SSSR count). The average molecular weight is 364 g/mol. The van der Waals surface area contributed by atoms with Crippen molar-refractivity contribution in [3.63, 3.8) is 0 Å². The van der Waals surface area contributed by atoms with Crippen LogP contribution in [-0.4, -0.2) is 32.6 Å². The zero-order valence-corrected chi connectivity index (χ0v) is 13.7. The number of rotatable bonds is 6. The van der Waals surface area contributed by atoms with Crippen LogP contribution in [0, 0.1) is 10.1 Å². The number of anilines is 1. The van der Waals surface area contributed by atoms with Crippen molar-refractivity contribution in [3.05, 3.63) is 51.2 Å². The van der Waals surface area contributed by atoms with Gasteiger partial charge in [-0.1, -0.05) is 11.6 Å². The molecule has 1 aliphatic rings. The monoisotopic (exact) mass is 363 g/mol. The first-order valence-corrected chi connectivity index (χ1v) is 7.88. The third kappa shape index (κ3) is 4.32. The van der Waals surface area contributed by atoms with E-state index in [4.69, 9.17) is 11.6 Å². The number of hydrogen-bond donors (Lipinski definition) is 2. The number of nitrogens with zero attached hydrogens (tertiary/aromatic N) is 3. The fourth-order valence-electron chi connectivity index (χ4n) is 2.15. The minimum absolute atomic E-state index is 0.192. The molecule has 1 heterocycles. The second-order valence-corrected chi connectivity index (χ2v) is 6.03. The van der Waals surface area contributed by atoms with E-state index in [0.717, 1.165) is 17.5 Å². The lowest BCUT2D eigenvalue weighted by Gasteiger charge is -2.09. The van der Waals surface area contributed by atoms with E-state index in [1.807, 2.05) is 0 Å². The van der Waals surface area contributed by atoms with Gasteiger partial charge in [0.1, 0.15) is 6.54 Å². The number of carbonyl (C=O) groups excluding carboxylic acids is 2. The third-order valence-corrected chi connectivity index (χ3v) is 3.86. The van der Waals surface area contributed by atoms with Gasteiger partial charge in [0.15, 0.2) is 0 Å². The molecule has 2 aromatic rings. The second kappa shape index (κ2) is 6.89. The van der Waals surface area contributed by atoms with E-state index in [-0.39, 0.29) is 29.9 Å². The maximum Gasteiger partial charge on any atom is 0.389 e. The molecular formula is C15H14ClN5O4. The first-order chi connectivity index (χ1) is 11.9. The molecule has 10 heteroatoms. The van der Waals surface area contributed by atoms with Crippen LogP contribution in [0.25, 0.3) is 0 Å². The Hall–Kier alpha value is -2.94. The van der Waals surface area contributed by atoms with Crippen LogP contribution in [0.3, 0.4) is 0 Å². The lowest BCUT2D eigenvalue weighted by Crippen LogP contribution is -2.26. The predicted octanol–water partition coefficient (Wildman–Crippen LogP) is 1.98. The Kier molecular flexibility index (Phi) is 4.66. The molecule has 0 aliphatic heterocycles. The summed E-state index contributed by atoms with van der Waals surface area (Å²) in [4.78, 5) is 34.1. The summed E-state index contributed by atoms with van der Waals surface area (Å²) >= 11 is 6.04. The first-order valence-electron chi connectivity index (χ1n) is 7.50. The fourth-order valence-corrected chi connectivity index (χ4v) is 2.36. The van der Waals surface area contributed by atoms with Crippen LogP contribution < -0.4 is 10.6 Å². The van der Waals surface area contributed by atoms with E-state index in [2.05, 4.69) is 15.7 Å². The summed E-state index contributed by atoms with van der Waals surface area (Å²) in [5.41, 5.74) is 0.679. The lowest BCUT2D eigenvalue weighted by atomic mass is 10.2. The molecule has 25 heavy (non-hydrogen) atoms. The van der Waals surface area contributed by atoms with Crippen LogP contribution in [0.1, 0.15) is 23.2 Å². The molecule has 0 spiro atoms. The minimum atomic E-state index is -0.641. The van der Waals surface area contributed by atoms with Crippen LogP contribution >= 0.6 is 11.6 Å². The Labute approximate surface area is 147 Å². The molecule has 1 aromatic carbocycles. The fraction of sp³-hybridized carbons (Fsp3) is 0.267. The zero-order chi connectivity index (χ0) is 18.0. The molecular weight excluding hydrogens is 350 g/mol. The van der Waals surface area contributed by atoms with Gasteiger partial charge in [0.25, 0.3) is 5.91 Å². The van der Waals surface area contributed by atoms with E-state index >= 15 is 0 Å². The summed E-state index contributed by atoms with van der Waals surface area (Å²) in [5, 5.41) is 20.0. The SMILES string of the molecule is O=C(Cn1ccc([N+](=O)[O-])n1)Nc1ccc(Cl)c(C(=O)NC2CC2)c1. The van der Waals surface area contributed by atoms with Crippen molar-refractivity contribution in [2.75, 3.05) is 5.32 Å². The molecule has 0 bridgehead atoms. The quantitative estimate of drug-likeness (QED) is 0.600.